The van der Waals surface area contributed by atoms with E-state index in [1.165, 1.54) is 16.8 Å². The maximum atomic E-state index is 13.0. The summed E-state index contributed by atoms with van der Waals surface area (Å²) in [5.41, 5.74) is 1.33. The number of carbonyl (C=O) groups is 1. The molecule has 1 aromatic heterocycles. The Morgan fingerprint density at radius 3 is 2.72 bits per heavy atom. The fourth-order valence-electron chi connectivity index (χ4n) is 2.25. The van der Waals surface area contributed by atoms with Crippen LogP contribution in [0.4, 0.5) is 10.1 Å². The van der Waals surface area contributed by atoms with Crippen LogP contribution in [0.5, 0.6) is 5.75 Å². The molecular formula is C18H15ClFN3O2. The van der Waals surface area contributed by atoms with Crippen molar-refractivity contribution in [2.24, 2.45) is 0 Å². The lowest BCUT2D eigenvalue weighted by molar-refractivity contribution is 0.102. The third-order valence-electron chi connectivity index (χ3n) is 3.40. The first-order valence-corrected chi connectivity index (χ1v) is 8.00. The van der Waals surface area contributed by atoms with Gasteiger partial charge in [-0.15, -0.1) is 0 Å². The van der Waals surface area contributed by atoms with Crippen molar-refractivity contribution >= 4 is 23.2 Å². The first-order chi connectivity index (χ1) is 12.1. The Balaban J connectivity index is 1.81. The summed E-state index contributed by atoms with van der Waals surface area (Å²) in [5.74, 6) is -0.208. The number of rotatable bonds is 5. The summed E-state index contributed by atoms with van der Waals surface area (Å²) in [4.78, 5) is 12.4. The minimum absolute atomic E-state index is 0.215. The molecule has 3 aromatic rings. The molecule has 7 heteroatoms. The van der Waals surface area contributed by atoms with Crippen LogP contribution in [-0.4, -0.2) is 22.3 Å². The van der Waals surface area contributed by atoms with Crippen molar-refractivity contribution in [2.45, 2.75) is 6.92 Å². The predicted molar refractivity (Wildman–Crippen MR) is 94.1 cm³/mol. The molecule has 0 unspecified atom stereocenters. The second-order valence-electron chi connectivity index (χ2n) is 5.15. The molecule has 0 aliphatic rings. The van der Waals surface area contributed by atoms with Crippen molar-refractivity contribution in [3.05, 3.63) is 71.3 Å². The van der Waals surface area contributed by atoms with Crippen molar-refractivity contribution in [3.63, 3.8) is 0 Å². The number of hydrogen-bond donors (Lipinski definition) is 1. The van der Waals surface area contributed by atoms with Gasteiger partial charge in [0, 0.05) is 11.2 Å². The normalized spacial score (nSPS) is 10.5. The smallest absolute Gasteiger partial charge is 0.276 e. The van der Waals surface area contributed by atoms with E-state index in [2.05, 4.69) is 10.4 Å². The third kappa shape index (κ3) is 3.97. The monoisotopic (exact) mass is 359 g/mol. The Hall–Kier alpha value is -2.86. The molecule has 2 aromatic carbocycles. The van der Waals surface area contributed by atoms with Gasteiger partial charge in [-0.05, 0) is 55.5 Å². The molecule has 0 bridgehead atoms. The van der Waals surface area contributed by atoms with Crippen LogP contribution in [0.15, 0.2) is 54.7 Å². The standard InChI is InChI=1S/C18H15ClFN3O2/c1-2-25-17-8-3-12(19)11-16(17)21-18(24)15-9-10-23(22-15)14-6-4-13(20)5-7-14/h3-11H,2H2,1H3,(H,21,24). The number of halogens is 2. The van der Waals surface area contributed by atoms with E-state index in [9.17, 15) is 9.18 Å². The first-order valence-electron chi connectivity index (χ1n) is 7.62. The zero-order chi connectivity index (χ0) is 17.8. The lowest BCUT2D eigenvalue weighted by Crippen LogP contribution is -2.14. The van der Waals surface area contributed by atoms with E-state index in [-0.39, 0.29) is 11.5 Å². The van der Waals surface area contributed by atoms with Crippen LogP contribution in [0.3, 0.4) is 0 Å². The van der Waals surface area contributed by atoms with Crippen LogP contribution >= 0.6 is 11.6 Å². The van der Waals surface area contributed by atoms with Gasteiger partial charge >= 0.3 is 0 Å². The zero-order valence-corrected chi connectivity index (χ0v) is 14.1. The van der Waals surface area contributed by atoms with Gasteiger partial charge in [-0.2, -0.15) is 5.10 Å². The summed E-state index contributed by atoms with van der Waals surface area (Å²) >= 11 is 5.99. The van der Waals surface area contributed by atoms with Gasteiger partial charge in [-0.3, -0.25) is 4.79 Å². The highest BCUT2D eigenvalue weighted by Crippen LogP contribution is 2.28. The van der Waals surface area contributed by atoms with Gasteiger partial charge < -0.3 is 10.1 Å². The minimum Gasteiger partial charge on any atom is -0.492 e. The Morgan fingerprint density at radius 1 is 1.24 bits per heavy atom. The quantitative estimate of drug-likeness (QED) is 0.738. The van der Waals surface area contributed by atoms with Crippen LogP contribution in [0, 0.1) is 5.82 Å². The zero-order valence-electron chi connectivity index (χ0n) is 13.4. The molecule has 0 saturated heterocycles. The van der Waals surface area contributed by atoms with Crippen LogP contribution in [-0.2, 0) is 0 Å². The van der Waals surface area contributed by atoms with Crippen LogP contribution in [0.2, 0.25) is 5.02 Å². The van der Waals surface area contributed by atoms with E-state index in [1.807, 2.05) is 6.92 Å². The van der Waals surface area contributed by atoms with Gasteiger partial charge in [-0.1, -0.05) is 11.6 Å². The number of amides is 1. The number of hydrogen-bond acceptors (Lipinski definition) is 3. The average Bonchev–Trinajstić information content (AvgIpc) is 3.08. The van der Waals surface area contributed by atoms with Crippen molar-refractivity contribution < 1.29 is 13.9 Å². The summed E-state index contributed by atoms with van der Waals surface area (Å²) in [7, 11) is 0. The highest BCUT2D eigenvalue weighted by molar-refractivity contribution is 6.31. The van der Waals surface area contributed by atoms with E-state index in [1.54, 1.807) is 42.6 Å². The molecule has 128 valence electrons. The van der Waals surface area contributed by atoms with Gasteiger partial charge in [0.2, 0.25) is 0 Å². The molecule has 0 fully saturated rings. The highest BCUT2D eigenvalue weighted by atomic mass is 35.5. The molecule has 0 spiro atoms. The van der Waals surface area contributed by atoms with Crippen LogP contribution < -0.4 is 10.1 Å². The van der Waals surface area contributed by atoms with Crippen molar-refractivity contribution in [1.29, 1.82) is 0 Å². The lowest BCUT2D eigenvalue weighted by atomic mass is 10.2. The fraction of sp³-hybridized carbons (Fsp3) is 0.111. The van der Waals surface area contributed by atoms with Crippen molar-refractivity contribution in [3.8, 4) is 11.4 Å². The molecule has 1 heterocycles. The van der Waals surface area contributed by atoms with E-state index >= 15 is 0 Å². The Labute approximate surface area is 149 Å². The maximum absolute atomic E-state index is 13.0. The largest absolute Gasteiger partial charge is 0.492 e. The van der Waals surface area contributed by atoms with E-state index in [0.717, 1.165) is 0 Å². The molecule has 1 amide bonds. The number of ether oxygens (including phenoxy) is 1. The van der Waals surface area contributed by atoms with Crippen LogP contribution in [0.1, 0.15) is 17.4 Å². The number of benzene rings is 2. The Morgan fingerprint density at radius 2 is 2.00 bits per heavy atom. The predicted octanol–water partition coefficient (Wildman–Crippen LogP) is 4.32. The molecule has 3 rings (SSSR count). The van der Waals surface area contributed by atoms with Gasteiger partial charge in [0.1, 0.15) is 11.6 Å². The molecular weight excluding hydrogens is 345 g/mol. The number of carbonyl (C=O) groups excluding carboxylic acids is 1. The summed E-state index contributed by atoms with van der Waals surface area (Å²) in [5, 5.41) is 7.44. The topological polar surface area (TPSA) is 56.1 Å². The SMILES string of the molecule is CCOc1ccc(Cl)cc1NC(=O)c1ccn(-c2ccc(F)cc2)n1. The maximum Gasteiger partial charge on any atom is 0.276 e. The molecule has 0 saturated carbocycles. The summed E-state index contributed by atoms with van der Waals surface area (Å²) in [6.45, 7) is 2.31. The third-order valence-corrected chi connectivity index (χ3v) is 3.64. The van der Waals surface area contributed by atoms with E-state index in [0.29, 0.717) is 28.8 Å². The van der Waals surface area contributed by atoms with E-state index < -0.39 is 5.91 Å². The molecule has 0 radical (unpaired) electrons. The first kappa shape index (κ1) is 17.0. The molecule has 0 aliphatic carbocycles. The summed E-state index contributed by atoms with van der Waals surface area (Å²) in [6.07, 6.45) is 1.63. The van der Waals surface area contributed by atoms with E-state index in [4.69, 9.17) is 16.3 Å². The number of nitrogens with one attached hydrogen (secondary N) is 1. The minimum atomic E-state index is -0.399. The highest BCUT2D eigenvalue weighted by Gasteiger charge is 2.14. The van der Waals surface area contributed by atoms with Crippen LogP contribution in [0.25, 0.3) is 5.69 Å². The summed E-state index contributed by atoms with van der Waals surface area (Å²) in [6, 6.07) is 12.4. The number of nitrogens with zero attached hydrogens (tertiary/aromatic N) is 2. The Kier molecular flexibility index (Phi) is 5.00. The Bertz CT molecular complexity index is 894. The molecule has 5 nitrogen and oxygen atoms in total. The summed E-state index contributed by atoms with van der Waals surface area (Å²) < 4.78 is 20.0. The molecule has 0 aliphatic heterocycles. The van der Waals surface area contributed by atoms with Gasteiger partial charge in [0.05, 0.1) is 18.0 Å². The second-order valence-corrected chi connectivity index (χ2v) is 5.59. The molecule has 0 atom stereocenters. The molecule has 25 heavy (non-hydrogen) atoms. The lowest BCUT2D eigenvalue weighted by Gasteiger charge is -2.11. The van der Waals surface area contributed by atoms with Crippen molar-refractivity contribution in [1.82, 2.24) is 9.78 Å². The number of anilines is 1. The van der Waals surface area contributed by atoms with Gasteiger partial charge in [0.25, 0.3) is 5.91 Å². The van der Waals surface area contributed by atoms with Gasteiger partial charge in [-0.25, -0.2) is 9.07 Å². The average molecular weight is 360 g/mol. The van der Waals surface area contributed by atoms with Crippen molar-refractivity contribution in [2.75, 3.05) is 11.9 Å². The second kappa shape index (κ2) is 7.36. The fourth-order valence-corrected chi connectivity index (χ4v) is 2.42. The number of aromatic nitrogens is 2. The molecule has 1 N–H and O–H groups in total. The van der Waals surface area contributed by atoms with Gasteiger partial charge in [0.15, 0.2) is 5.69 Å².